The van der Waals surface area contributed by atoms with E-state index < -0.39 is 0 Å². The number of hydrogen-bond acceptors (Lipinski definition) is 2. The standard InChI is InChI=1S/C14H21FN2/c1-3-16-12-5-4-8-17(10-12)13-7-6-11(2)14(15)9-13/h6-7,9,12,16H,3-5,8,10H2,1-2H3. The first kappa shape index (κ1) is 12.4. The molecule has 0 bridgehead atoms. The Balaban J connectivity index is 2.08. The lowest BCUT2D eigenvalue weighted by atomic mass is 10.0. The molecule has 0 aromatic heterocycles. The molecule has 0 aliphatic carbocycles. The van der Waals surface area contributed by atoms with Crippen molar-refractivity contribution in [1.29, 1.82) is 0 Å². The molecule has 0 amide bonds. The van der Waals surface area contributed by atoms with Crippen LogP contribution in [0.15, 0.2) is 18.2 Å². The molecule has 1 unspecified atom stereocenters. The van der Waals surface area contributed by atoms with E-state index in [1.807, 2.05) is 12.1 Å². The predicted octanol–water partition coefficient (Wildman–Crippen LogP) is 2.71. The Hall–Kier alpha value is -1.09. The third-order valence-electron chi connectivity index (χ3n) is 3.43. The molecule has 2 rings (SSSR count). The Labute approximate surface area is 103 Å². The van der Waals surface area contributed by atoms with Crippen LogP contribution in [-0.2, 0) is 0 Å². The van der Waals surface area contributed by atoms with Crippen LogP contribution in [0.25, 0.3) is 0 Å². The summed E-state index contributed by atoms with van der Waals surface area (Å²) in [5.41, 5.74) is 1.73. The van der Waals surface area contributed by atoms with Crippen molar-refractivity contribution in [3.8, 4) is 0 Å². The molecule has 0 spiro atoms. The zero-order valence-corrected chi connectivity index (χ0v) is 10.7. The number of anilines is 1. The topological polar surface area (TPSA) is 15.3 Å². The quantitative estimate of drug-likeness (QED) is 0.868. The molecule has 1 aliphatic heterocycles. The Bertz CT molecular complexity index is 376. The normalized spacial score (nSPS) is 20.6. The maximum atomic E-state index is 13.5. The minimum absolute atomic E-state index is 0.104. The number of likely N-dealkylation sites (N-methyl/N-ethyl adjacent to an activating group) is 1. The van der Waals surface area contributed by atoms with E-state index in [4.69, 9.17) is 0 Å². The van der Waals surface area contributed by atoms with Gasteiger partial charge in [0.25, 0.3) is 0 Å². The summed E-state index contributed by atoms with van der Waals surface area (Å²) in [7, 11) is 0. The molecule has 1 saturated heterocycles. The molecular weight excluding hydrogens is 215 g/mol. The first-order valence-electron chi connectivity index (χ1n) is 6.45. The van der Waals surface area contributed by atoms with Crippen LogP contribution in [0.5, 0.6) is 0 Å². The van der Waals surface area contributed by atoms with Gasteiger partial charge in [-0.3, -0.25) is 0 Å². The van der Waals surface area contributed by atoms with Crippen LogP contribution in [0, 0.1) is 12.7 Å². The highest BCUT2D eigenvalue weighted by atomic mass is 19.1. The highest BCUT2D eigenvalue weighted by Gasteiger charge is 2.19. The van der Waals surface area contributed by atoms with Gasteiger partial charge < -0.3 is 10.2 Å². The molecule has 17 heavy (non-hydrogen) atoms. The molecule has 1 fully saturated rings. The molecule has 1 aliphatic rings. The maximum absolute atomic E-state index is 13.5. The van der Waals surface area contributed by atoms with Crippen molar-refractivity contribution in [1.82, 2.24) is 5.32 Å². The van der Waals surface area contributed by atoms with Gasteiger partial charge in [-0.1, -0.05) is 13.0 Å². The monoisotopic (exact) mass is 236 g/mol. The molecule has 1 N–H and O–H groups in total. The van der Waals surface area contributed by atoms with Gasteiger partial charge in [-0.2, -0.15) is 0 Å². The summed E-state index contributed by atoms with van der Waals surface area (Å²) in [6, 6.07) is 6.08. The first-order chi connectivity index (χ1) is 8.20. The summed E-state index contributed by atoms with van der Waals surface area (Å²) in [5.74, 6) is -0.104. The number of nitrogens with zero attached hydrogens (tertiary/aromatic N) is 1. The van der Waals surface area contributed by atoms with Gasteiger partial charge in [-0.05, 0) is 44.0 Å². The number of benzene rings is 1. The van der Waals surface area contributed by atoms with Crippen molar-refractivity contribution >= 4 is 5.69 Å². The van der Waals surface area contributed by atoms with Gasteiger partial charge in [0, 0.05) is 24.8 Å². The van der Waals surface area contributed by atoms with Crippen molar-refractivity contribution in [2.75, 3.05) is 24.5 Å². The summed E-state index contributed by atoms with van der Waals surface area (Å²) < 4.78 is 13.5. The Kier molecular flexibility index (Phi) is 4.00. The summed E-state index contributed by atoms with van der Waals surface area (Å²) in [6.07, 6.45) is 2.39. The van der Waals surface area contributed by atoms with E-state index >= 15 is 0 Å². The van der Waals surface area contributed by atoms with Crippen LogP contribution in [-0.4, -0.2) is 25.7 Å². The Morgan fingerprint density at radius 3 is 3.00 bits per heavy atom. The molecule has 0 saturated carbocycles. The number of hydrogen-bond donors (Lipinski definition) is 1. The van der Waals surface area contributed by atoms with Gasteiger partial charge in [-0.15, -0.1) is 0 Å². The second-order valence-electron chi connectivity index (χ2n) is 4.78. The van der Waals surface area contributed by atoms with Crippen LogP contribution in [0.4, 0.5) is 10.1 Å². The van der Waals surface area contributed by atoms with Gasteiger partial charge in [-0.25, -0.2) is 4.39 Å². The van der Waals surface area contributed by atoms with Crippen LogP contribution in [0.2, 0.25) is 0 Å². The molecule has 1 heterocycles. The van der Waals surface area contributed by atoms with Crippen molar-refractivity contribution in [3.05, 3.63) is 29.6 Å². The van der Waals surface area contributed by atoms with E-state index in [0.29, 0.717) is 11.6 Å². The predicted molar refractivity (Wildman–Crippen MR) is 70.0 cm³/mol. The smallest absolute Gasteiger partial charge is 0.128 e. The van der Waals surface area contributed by atoms with E-state index in [2.05, 4.69) is 17.1 Å². The fraction of sp³-hybridized carbons (Fsp3) is 0.571. The fourth-order valence-corrected chi connectivity index (χ4v) is 2.45. The van der Waals surface area contributed by atoms with Crippen LogP contribution in [0.1, 0.15) is 25.3 Å². The van der Waals surface area contributed by atoms with Crippen molar-refractivity contribution < 1.29 is 4.39 Å². The third-order valence-corrected chi connectivity index (χ3v) is 3.43. The van der Waals surface area contributed by atoms with Gasteiger partial charge in [0.2, 0.25) is 0 Å². The maximum Gasteiger partial charge on any atom is 0.128 e. The fourth-order valence-electron chi connectivity index (χ4n) is 2.45. The van der Waals surface area contributed by atoms with Gasteiger partial charge in [0.15, 0.2) is 0 Å². The number of nitrogens with one attached hydrogen (secondary N) is 1. The number of aryl methyl sites for hydroxylation is 1. The molecule has 1 aromatic carbocycles. The zero-order chi connectivity index (χ0) is 12.3. The largest absolute Gasteiger partial charge is 0.370 e. The lowest BCUT2D eigenvalue weighted by molar-refractivity contribution is 0.431. The summed E-state index contributed by atoms with van der Waals surface area (Å²) in [4.78, 5) is 2.28. The van der Waals surface area contributed by atoms with Crippen LogP contribution >= 0.6 is 0 Å². The van der Waals surface area contributed by atoms with Gasteiger partial charge >= 0.3 is 0 Å². The average molecular weight is 236 g/mol. The molecule has 0 radical (unpaired) electrons. The number of rotatable bonds is 3. The number of piperidine rings is 1. The van der Waals surface area contributed by atoms with Crippen molar-refractivity contribution in [2.24, 2.45) is 0 Å². The molecule has 1 aromatic rings. The minimum atomic E-state index is -0.104. The van der Waals surface area contributed by atoms with Crippen molar-refractivity contribution in [2.45, 2.75) is 32.7 Å². The van der Waals surface area contributed by atoms with E-state index in [1.54, 1.807) is 13.0 Å². The van der Waals surface area contributed by atoms with Gasteiger partial charge in [0.05, 0.1) is 0 Å². The average Bonchev–Trinajstić information content (AvgIpc) is 2.33. The molecular formula is C14H21FN2. The highest BCUT2D eigenvalue weighted by molar-refractivity contribution is 5.48. The van der Waals surface area contributed by atoms with E-state index in [-0.39, 0.29) is 5.82 Å². The second kappa shape index (κ2) is 5.50. The van der Waals surface area contributed by atoms with E-state index in [0.717, 1.165) is 25.3 Å². The first-order valence-corrected chi connectivity index (χ1v) is 6.45. The zero-order valence-electron chi connectivity index (χ0n) is 10.7. The molecule has 1 atom stereocenters. The molecule has 3 heteroatoms. The van der Waals surface area contributed by atoms with Gasteiger partial charge in [0.1, 0.15) is 5.82 Å². The highest BCUT2D eigenvalue weighted by Crippen LogP contribution is 2.22. The summed E-state index contributed by atoms with van der Waals surface area (Å²) in [5, 5.41) is 3.47. The Morgan fingerprint density at radius 2 is 2.29 bits per heavy atom. The van der Waals surface area contributed by atoms with Crippen LogP contribution < -0.4 is 10.2 Å². The summed E-state index contributed by atoms with van der Waals surface area (Å²) in [6.45, 7) is 6.95. The summed E-state index contributed by atoms with van der Waals surface area (Å²) >= 11 is 0. The third kappa shape index (κ3) is 2.97. The minimum Gasteiger partial charge on any atom is -0.370 e. The molecule has 94 valence electrons. The van der Waals surface area contributed by atoms with Crippen LogP contribution in [0.3, 0.4) is 0 Å². The van der Waals surface area contributed by atoms with Crippen molar-refractivity contribution in [3.63, 3.8) is 0 Å². The SMILES string of the molecule is CCNC1CCCN(c2ccc(C)c(F)c2)C1. The Morgan fingerprint density at radius 1 is 1.47 bits per heavy atom. The second-order valence-corrected chi connectivity index (χ2v) is 4.78. The van der Waals surface area contributed by atoms with E-state index in [9.17, 15) is 4.39 Å². The molecule has 2 nitrogen and oxygen atoms in total. The lowest BCUT2D eigenvalue weighted by Crippen LogP contribution is -2.45. The van der Waals surface area contributed by atoms with E-state index in [1.165, 1.54) is 12.8 Å². The lowest BCUT2D eigenvalue weighted by Gasteiger charge is -2.34. The number of halogens is 1.